The summed E-state index contributed by atoms with van der Waals surface area (Å²) in [6.07, 6.45) is 1.30. The Balaban J connectivity index is 1.45. The molecule has 162 valence electrons. The first-order valence-corrected chi connectivity index (χ1v) is 10.2. The number of nitrogens with one attached hydrogen (secondary N) is 1. The van der Waals surface area contributed by atoms with Crippen molar-refractivity contribution < 1.29 is 14.3 Å². The number of aryl methyl sites for hydroxylation is 1. The summed E-state index contributed by atoms with van der Waals surface area (Å²) in [5.41, 5.74) is 2.50. The molecule has 0 spiro atoms. The van der Waals surface area contributed by atoms with Crippen molar-refractivity contribution in [2.24, 2.45) is 0 Å². The molecule has 1 N–H and O–H groups in total. The number of rotatable bonds is 9. The molecule has 31 heavy (non-hydrogen) atoms. The van der Waals surface area contributed by atoms with Gasteiger partial charge in [0.05, 0.1) is 17.2 Å². The van der Waals surface area contributed by atoms with Crippen LogP contribution in [0, 0.1) is 6.92 Å². The third-order valence-corrected chi connectivity index (χ3v) is 4.85. The lowest BCUT2D eigenvalue weighted by atomic mass is 10.2. The minimum atomic E-state index is -0.677. The molecule has 0 bridgehead atoms. The molecule has 3 aromatic rings. The molecule has 1 aromatic heterocycles. The summed E-state index contributed by atoms with van der Waals surface area (Å²) >= 11 is 0. The number of hydrogen-bond donors (Lipinski definition) is 1. The van der Waals surface area contributed by atoms with Crippen molar-refractivity contribution in [2.45, 2.75) is 20.4 Å². The van der Waals surface area contributed by atoms with Gasteiger partial charge in [0, 0.05) is 25.3 Å². The number of carbonyl (C=O) groups is 2. The van der Waals surface area contributed by atoms with Gasteiger partial charge >= 0.3 is 5.97 Å². The largest absolute Gasteiger partial charge is 0.454 e. The lowest BCUT2D eigenvalue weighted by Crippen LogP contribution is -2.37. The van der Waals surface area contributed by atoms with Crippen molar-refractivity contribution >= 4 is 28.5 Å². The quantitative estimate of drug-likeness (QED) is 0.530. The molecule has 8 nitrogen and oxygen atoms in total. The monoisotopic (exact) mass is 422 g/mol. The van der Waals surface area contributed by atoms with Crippen molar-refractivity contribution in [3.8, 4) is 0 Å². The van der Waals surface area contributed by atoms with Gasteiger partial charge in [-0.05, 0) is 43.7 Å². The maximum Gasteiger partial charge on any atom is 0.326 e. The van der Waals surface area contributed by atoms with Crippen molar-refractivity contribution in [2.75, 3.05) is 31.1 Å². The number of esters is 1. The molecule has 1 amide bonds. The molecule has 2 aromatic carbocycles. The normalized spacial score (nSPS) is 10.6. The lowest BCUT2D eigenvalue weighted by molar-refractivity contribution is -0.149. The van der Waals surface area contributed by atoms with Crippen molar-refractivity contribution in [3.05, 3.63) is 70.8 Å². The van der Waals surface area contributed by atoms with E-state index in [-0.39, 0.29) is 12.1 Å². The van der Waals surface area contributed by atoms with Crippen LogP contribution in [0.2, 0.25) is 0 Å². The molecular formula is C23H26N4O4. The number of carbonyl (C=O) groups excluding carboxylic acids is 2. The van der Waals surface area contributed by atoms with Gasteiger partial charge in [0.1, 0.15) is 6.54 Å². The first-order valence-electron chi connectivity index (χ1n) is 10.2. The first kappa shape index (κ1) is 22.0. The molecule has 0 aliphatic rings. The smallest absolute Gasteiger partial charge is 0.326 e. The van der Waals surface area contributed by atoms with E-state index in [0.717, 1.165) is 12.2 Å². The number of benzene rings is 2. The van der Waals surface area contributed by atoms with E-state index in [1.165, 1.54) is 16.5 Å². The fraction of sp³-hybridized carbons (Fsp3) is 0.304. The van der Waals surface area contributed by atoms with Crippen LogP contribution in [0.25, 0.3) is 10.9 Å². The molecule has 0 radical (unpaired) electrons. The van der Waals surface area contributed by atoms with E-state index >= 15 is 0 Å². The predicted molar refractivity (Wildman–Crippen MR) is 119 cm³/mol. The Hall–Kier alpha value is -3.68. The molecule has 3 rings (SSSR count). The van der Waals surface area contributed by atoms with E-state index in [1.807, 2.05) is 25.1 Å². The first-order chi connectivity index (χ1) is 15.0. The Kier molecular flexibility index (Phi) is 7.37. The number of ether oxygens (including phenoxy) is 1. The number of fused-ring (bicyclic) bond motifs is 1. The summed E-state index contributed by atoms with van der Waals surface area (Å²) in [7, 11) is 0. The molecule has 0 aliphatic carbocycles. The van der Waals surface area contributed by atoms with Crippen LogP contribution < -0.4 is 15.8 Å². The Morgan fingerprint density at radius 1 is 1.16 bits per heavy atom. The molecule has 0 unspecified atom stereocenters. The van der Waals surface area contributed by atoms with Crippen LogP contribution in [0.4, 0.5) is 5.69 Å². The molecule has 8 heteroatoms. The molecule has 0 fully saturated rings. The highest BCUT2D eigenvalue weighted by Crippen LogP contribution is 2.14. The van der Waals surface area contributed by atoms with Gasteiger partial charge in [0.2, 0.25) is 0 Å². The zero-order chi connectivity index (χ0) is 22.2. The van der Waals surface area contributed by atoms with Gasteiger partial charge in [-0.1, -0.05) is 24.3 Å². The second-order valence-electron chi connectivity index (χ2n) is 7.12. The van der Waals surface area contributed by atoms with Crippen molar-refractivity contribution in [3.63, 3.8) is 0 Å². The van der Waals surface area contributed by atoms with Crippen LogP contribution in [0.1, 0.15) is 12.5 Å². The SMILES string of the molecule is CCN(CCNC(=O)COC(=O)Cn1cnc2ccccc2c1=O)c1cccc(C)c1. The van der Waals surface area contributed by atoms with E-state index in [9.17, 15) is 14.4 Å². The number of aromatic nitrogens is 2. The van der Waals surface area contributed by atoms with Gasteiger partial charge in [-0.2, -0.15) is 0 Å². The summed E-state index contributed by atoms with van der Waals surface area (Å²) in [6.45, 7) is 5.25. The number of likely N-dealkylation sites (N-methyl/N-ethyl adjacent to an activating group) is 1. The van der Waals surface area contributed by atoms with Crippen molar-refractivity contribution in [1.29, 1.82) is 0 Å². The average Bonchev–Trinajstić information content (AvgIpc) is 2.77. The Morgan fingerprint density at radius 3 is 2.74 bits per heavy atom. The fourth-order valence-corrected chi connectivity index (χ4v) is 3.23. The highest BCUT2D eigenvalue weighted by Gasteiger charge is 2.11. The van der Waals surface area contributed by atoms with Gasteiger partial charge in [0.15, 0.2) is 6.61 Å². The Morgan fingerprint density at radius 2 is 1.97 bits per heavy atom. The summed E-state index contributed by atoms with van der Waals surface area (Å²) in [4.78, 5) is 42.8. The Labute approximate surface area is 180 Å². The van der Waals surface area contributed by atoms with Gasteiger partial charge in [0.25, 0.3) is 11.5 Å². The standard InChI is InChI=1S/C23H26N4O4/c1-3-26(18-8-6-7-17(2)13-18)12-11-24-21(28)15-31-22(29)14-27-16-25-20-10-5-4-9-19(20)23(27)30/h4-10,13,16H,3,11-12,14-15H2,1-2H3,(H,24,28). The maximum absolute atomic E-state index is 12.4. The molecule has 0 atom stereocenters. The van der Waals surface area contributed by atoms with Crippen LogP contribution in [0.15, 0.2) is 59.7 Å². The third kappa shape index (κ3) is 5.91. The van der Waals surface area contributed by atoms with Crippen LogP contribution >= 0.6 is 0 Å². The van der Waals surface area contributed by atoms with Crippen LogP contribution in [-0.4, -0.2) is 47.7 Å². The topological polar surface area (TPSA) is 93.5 Å². The predicted octanol–water partition coefficient (Wildman–Crippen LogP) is 1.89. The van der Waals surface area contributed by atoms with E-state index in [4.69, 9.17) is 4.74 Å². The molecule has 0 aliphatic heterocycles. The number of amides is 1. The zero-order valence-corrected chi connectivity index (χ0v) is 17.7. The number of nitrogens with zero attached hydrogens (tertiary/aromatic N) is 3. The molecular weight excluding hydrogens is 396 g/mol. The number of hydrogen-bond acceptors (Lipinski definition) is 6. The summed E-state index contributed by atoms with van der Waals surface area (Å²) in [5.74, 6) is -1.07. The van der Waals surface area contributed by atoms with E-state index in [1.54, 1.807) is 24.3 Å². The maximum atomic E-state index is 12.4. The fourth-order valence-electron chi connectivity index (χ4n) is 3.23. The second kappa shape index (κ2) is 10.4. The summed E-state index contributed by atoms with van der Waals surface area (Å²) < 4.78 is 6.18. The highest BCUT2D eigenvalue weighted by atomic mass is 16.5. The number of para-hydroxylation sites is 1. The summed E-state index contributed by atoms with van der Waals surface area (Å²) in [6, 6.07) is 15.1. The van der Waals surface area contributed by atoms with Gasteiger partial charge in [-0.15, -0.1) is 0 Å². The molecule has 0 saturated carbocycles. The Bertz CT molecular complexity index is 1130. The minimum absolute atomic E-state index is 0.305. The zero-order valence-electron chi connectivity index (χ0n) is 17.7. The van der Waals surface area contributed by atoms with Crippen LogP contribution in [0.3, 0.4) is 0 Å². The van der Waals surface area contributed by atoms with Crippen LogP contribution in [-0.2, 0) is 20.9 Å². The van der Waals surface area contributed by atoms with Gasteiger partial charge in [-0.25, -0.2) is 4.98 Å². The number of anilines is 1. The van der Waals surface area contributed by atoms with Crippen LogP contribution in [0.5, 0.6) is 0 Å². The highest BCUT2D eigenvalue weighted by molar-refractivity contribution is 5.81. The van der Waals surface area contributed by atoms with E-state index < -0.39 is 18.5 Å². The summed E-state index contributed by atoms with van der Waals surface area (Å²) in [5, 5.41) is 3.17. The lowest BCUT2D eigenvalue weighted by Gasteiger charge is -2.23. The molecule has 1 heterocycles. The van der Waals surface area contributed by atoms with Gasteiger partial charge in [-0.3, -0.25) is 19.0 Å². The van der Waals surface area contributed by atoms with Crippen molar-refractivity contribution in [1.82, 2.24) is 14.9 Å². The van der Waals surface area contributed by atoms with E-state index in [0.29, 0.717) is 24.0 Å². The minimum Gasteiger partial charge on any atom is -0.454 e. The average molecular weight is 422 g/mol. The van der Waals surface area contributed by atoms with E-state index in [2.05, 4.69) is 28.2 Å². The second-order valence-corrected chi connectivity index (χ2v) is 7.12. The molecule has 0 saturated heterocycles. The third-order valence-electron chi connectivity index (χ3n) is 4.85. The van der Waals surface area contributed by atoms with Gasteiger partial charge < -0.3 is 15.0 Å².